The number of hydrogen-bond donors (Lipinski definition) is 0. The number of aryl methyl sites for hydroxylation is 2. The summed E-state index contributed by atoms with van der Waals surface area (Å²) in [5, 5.41) is -5.19. The molecule has 0 atom stereocenters. The molecule has 4 aromatic carbocycles. The Morgan fingerprint density at radius 3 is 1.81 bits per heavy atom. The van der Waals surface area contributed by atoms with E-state index < -0.39 is 33.0 Å². The van der Waals surface area contributed by atoms with Crippen molar-refractivity contribution in [2.24, 2.45) is 0 Å². The van der Waals surface area contributed by atoms with Gasteiger partial charge in [-0.05, 0) is 104 Å². The molecule has 0 heterocycles. The van der Waals surface area contributed by atoms with E-state index in [2.05, 4.69) is 8.92 Å². The minimum absolute atomic E-state index is 0.0974. The number of benzene rings is 4. The molecule has 0 spiro atoms. The van der Waals surface area contributed by atoms with Crippen LogP contribution in [0.1, 0.15) is 27.0 Å². The van der Waals surface area contributed by atoms with Gasteiger partial charge in [-0.3, -0.25) is 4.79 Å². The highest BCUT2D eigenvalue weighted by molar-refractivity contribution is 7.88. The molecule has 0 aliphatic heterocycles. The number of carbonyl (C=O) groups excluding carboxylic acids is 1. The number of ketones is 1. The Morgan fingerprint density at radius 2 is 1.24 bits per heavy atom. The standard InChI is InChI=1S/C29H20Cl2F4O6S/c1-17-13-18(2)15-24(14-17)41-42(37,38)29(34,35)28(32,33)40-23-10-8-22(9-11-23)39-21-6-3-19(4-7-21)27(36)25-16-20(30)5-12-26(25)31/h3-16H,1-2H3. The van der Waals surface area contributed by atoms with Crippen LogP contribution >= 0.6 is 23.2 Å². The molecule has 0 saturated heterocycles. The molecule has 42 heavy (non-hydrogen) atoms. The van der Waals surface area contributed by atoms with Gasteiger partial charge in [0.2, 0.25) is 0 Å². The smallest absolute Gasteiger partial charge is 0.457 e. The summed E-state index contributed by atoms with van der Waals surface area (Å²) < 4.78 is 96.2. The van der Waals surface area contributed by atoms with Gasteiger partial charge in [0.1, 0.15) is 23.0 Å². The van der Waals surface area contributed by atoms with E-state index in [9.17, 15) is 30.8 Å². The Kier molecular flexibility index (Phi) is 8.77. The van der Waals surface area contributed by atoms with Crippen LogP contribution in [0.4, 0.5) is 17.6 Å². The van der Waals surface area contributed by atoms with E-state index >= 15 is 0 Å². The first kappa shape index (κ1) is 31.1. The fourth-order valence-electron chi connectivity index (χ4n) is 3.73. The van der Waals surface area contributed by atoms with Crippen LogP contribution in [0.15, 0.2) is 84.9 Å². The van der Waals surface area contributed by atoms with E-state index in [-0.39, 0.29) is 33.4 Å². The molecule has 6 nitrogen and oxygen atoms in total. The van der Waals surface area contributed by atoms with Crippen molar-refractivity contribution in [3.05, 3.63) is 117 Å². The molecule has 4 rings (SSSR count). The summed E-state index contributed by atoms with van der Waals surface area (Å²) in [6.07, 6.45) is -5.50. The van der Waals surface area contributed by atoms with Crippen LogP contribution < -0.4 is 13.7 Å². The van der Waals surface area contributed by atoms with Gasteiger partial charge >= 0.3 is 21.5 Å². The zero-order valence-corrected chi connectivity index (χ0v) is 24.0. The number of ether oxygens (including phenoxy) is 2. The Bertz CT molecular complexity index is 1710. The molecular weight excluding hydrogens is 623 g/mol. The molecular formula is C29H20Cl2F4O6S. The van der Waals surface area contributed by atoms with Gasteiger partial charge in [-0.15, -0.1) is 0 Å². The van der Waals surface area contributed by atoms with Crippen molar-refractivity contribution in [2.75, 3.05) is 0 Å². The van der Waals surface area contributed by atoms with Gasteiger partial charge in [-0.25, -0.2) is 0 Å². The second-order valence-electron chi connectivity index (χ2n) is 9.05. The number of rotatable bonds is 10. The van der Waals surface area contributed by atoms with Gasteiger partial charge in [-0.2, -0.15) is 26.0 Å². The minimum Gasteiger partial charge on any atom is -0.457 e. The van der Waals surface area contributed by atoms with Crippen molar-refractivity contribution in [1.29, 1.82) is 0 Å². The molecule has 13 heteroatoms. The largest absolute Gasteiger partial charge is 0.484 e. The van der Waals surface area contributed by atoms with E-state index in [0.29, 0.717) is 16.1 Å². The summed E-state index contributed by atoms with van der Waals surface area (Å²) in [5.74, 6) is -1.35. The van der Waals surface area contributed by atoms with Crippen molar-refractivity contribution in [3.8, 4) is 23.0 Å². The summed E-state index contributed by atoms with van der Waals surface area (Å²) in [6.45, 7) is 3.09. The average Bonchev–Trinajstić information content (AvgIpc) is 2.90. The summed E-state index contributed by atoms with van der Waals surface area (Å²) in [4.78, 5) is 12.7. The van der Waals surface area contributed by atoms with E-state index in [1.165, 1.54) is 36.4 Å². The first-order valence-corrected chi connectivity index (χ1v) is 14.1. The van der Waals surface area contributed by atoms with E-state index in [1.807, 2.05) is 0 Å². The molecule has 0 radical (unpaired) electrons. The molecule has 0 aromatic heterocycles. The Hall–Kier alpha value is -3.80. The summed E-state index contributed by atoms with van der Waals surface area (Å²) in [6, 6.07) is 18.2. The highest BCUT2D eigenvalue weighted by Crippen LogP contribution is 2.42. The molecule has 0 unspecified atom stereocenters. The second-order valence-corrected chi connectivity index (χ2v) is 11.5. The Labute approximate surface area is 248 Å². The summed E-state index contributed by atoms with van der Waals surface area (Å²) >= 11 is 12.0. The zero-order chi connectivity index (χ0) is 30.9. The highest BCUT2D eigenvalue weighted by Gasteiger charge is 2.70. The predicted molar refractivity (Wildman–Crippen MR) is 149 cm³/mol. The fourth-order valence-corrected chi connectivity index (χ4v) is 4.89. The fraction of sp³-hybridized carbons (Fsp3) is 0.138. The molecule has 0 N–H and O–H groups in total. The van der Waals surface area contributed by atoms with Crippen LogP contribution in [0.2, 0.25) is 10.0 Å². The number of alkyl halides is 4. The van der Waals surface area contributed by atoms with Crippen LogP contribution in [-0.2, 0) is 10.1 Å². The first-order chi connectivity index (χ1) is 19.6. The molecule has 220 valence electrons. The zero-order valence-electron chi connectivity index (χ0n) is 21.7. The van der Waals surface area contributed by atoms with Crippen molar-refractivity contribution < 1.29 is 44.4 Å². The van der Waals surface area contributed by atoms with Crippen LogP contribution in [-0.4, -0.2) is 25.6 Å². The molecule has 0 aliphatic carbocycles. The minimum atomic E-state index is -6.18. The lowest BCUT2D eigenvalue weighted by atomic mass is 10.0. The Balaban J connectivity index is 1.43. The highest BCUT2D eigenvalue weighted by atomic mass is 35.5. The maximum absolute atomic E-state index is 14.5. The average molecular weight is 643 g/mol. The van der Waals surface area contributed by atoms with Crippen molar-refractivity contribution in [1.82, 2.24) is 0 Å². The SMILES string of the molecule is Cc1cc(C)cc(OS(=O)(=O)C(F)(F)C(F)(F)Oc2ccc(Oc3ccc(C(=O)c4cc(Cl)ccc4Cl)cc3)cc2)c1. The maximum atomic E-state index is 14.5. The molecule has 0 bridgehead atoms. The third-order valence-corrected chi connectivity index (χ3v) is 7.49. The summed E-state index contributed by atoms with van der Waals surface area (Å²) in [7, 11) is -6.18. The van der Waals surface area contributed by atoms with Gasteiger partial charge in [-0.1, -0.05) is 29.3 Å². The lowest BCUT2D eigenvalue weighted by molar-refractivity contribution is -0.274. The van der Waals surface area contributed by atoms with E-state index in [0.717, 1.165) is 36.4 Å². The number of carbonyl (C=O) groups is 1. The number of halogens is 6. The lowest BCUT2D eigenvalue weighted by Crippen LogP contribution is -2.52. The van der Waals surface area contributed by atoms with Crippen molar-refractivity contribution in [2.45, 2.75) is 25.2 Å². The van der Waals surface area contributed by atoms with Gasteiger partial charge in [0, 0.05) is 16.1 Å². The van der Waals surface area contributed by atoms with Crippen LogP contribution in [0, 0.1) is 13.8 Å². The molecule has 0 fully saturated rings. The topological polar surface area (TPSA) is 78.9 Å². The monoisotopic (exact) mass is 642 g/mol. The quantitative estimate of drug-likeness (QED) is 0.0979. The van der Waals surface area contributed by atoms with Crippen molar-refractivity contribution in [3.63, 3.8) is 0 Å². The molecule has 0 aliphatic rings. The Morgan fingerprint density at radius 1 is 0.714 bits per heavy atom. The molecule has 4 aromatic rings. The van der Waals surface area contributed by atoms with Crippen LogP contribution in [0.25, 0.3) is 0 Å². The normalized spacial score (nSPS) is 12.1. The third-order valence-electron chi connectivity index (χ3n) is 5.65. The maximum Gasteiger partial charge on any atom is 0.484 e. The lowest BCUT2D eigenvalue weighted by Gasteiger charge is -2.25. The second kappa shape index (κ2) is 11.8. The molecule has 0 amide bonds. The van der Waals surface area contributed by atoms with Gasteiger partial charge in [0.15, 0.2) is 5.78 Å². The number of hydrogen-bond acceptors (Lipinski definition) is 6. The predicted octanol–water partition coefficient (Wildman–Crippen LogP) is 8.61. The van der Waals surface area contributed by atoms with Crippen molar-refractivity contribution >= 4 is 39.1 Å². The molecule has 0 saturated carbocycles. The van der Waals surface area contributed by atoms with E-state index in [4.69, 9.17) is 27.9 Å². The van der Waals surface area contributed by atoms with Crippen LogP contribution in [0.5, 0.6) is 23.0 Å². The van der Waals surface area contributed by atoms with Gasteiger partial charge in [0.25, 0.3) is 0 Å². The van der Waals surface area contributed by atoms with E-state index in [1.54, 1.807) is 26.0 Å². The van der Waals surface area contributed by atoms with Gasteiger partial charge < -0.3 is 13.7 Å². The van der Waals surface area contributed by atoms with Crippen LogP contribution in [0.3, 0.4) is 0 Å². The first-order valence-electron chi connectivity index (χ1n) is 11.9. The summed E-state index contributed by atoms with van der Waals surface area (Å²) in [5.41, 5.74) is 1.44. The third kappa shape index (κ3) is 6.80. The van der Waals surface area contributed by atoms with Gasteiger partial charge in [0.05, 0.1) is 5.02 Å².